The Bertz CT molecular complexity index is 924. The van der Waals surface area contributed by atoms with Gasteiger partial charge in [-0.2, -0.15) is 0 Å². The molecule has 3 heterocycles. The van der Waals surface area contributed by atoms with E-state index >= 15 is 0 Å². The van der Waals surface area contributed by atoms with Crippen molar-refractivity contribution in [3.8, 4) is 0 Å². The minimum atomic E-state index is -1.69. The van der Waals surface area contributed by atoms with Crippen molar-refractivity contribution in [3.05, 3.63) is 0 Å². The van der Waals surface area contributed by atoms with Gasteiger partial charge in [0, 0.05) is 12.1 Å². The van der Waals surface area contributed by atoms with E-state index in [0.717, 1.165) is 6.21 Å². The van der Waals surface area contributed by atoms with Crippen LogP contribution in [0.15, 0.2) is 5.16 Å². The summed E-state index contributed by atoms with van der Waals surface area (Å²) in [5.74, 6) is 0. The predicted molar refractivity (Wildman–Crippen MR) is 138 cm³/mol. The van der Waals surface area contributed by atoms with Gasteiger partial charge in [0.1, 0.15) is 67.1 Å². The fourth-order valence-corrected chi connectivity index (χ4v) is 5.64. The molecule has 1 saturated carbocycles. The summed E-state index contributed by atoms with van der Waals surface area (Å²) in [5.41, 5.74) is 24.3. The Labute approximate surface area is 245 Å². The maximum Gasteiger partial charge on any atom is 0.187 e. The molecular weight excluding hydrogens is 586 g/mol. The number of nitrogens with two attached hydrogens (primary N) is 4. The van der Waals surface area contributed by atoms with Crippen molar-refractivity contribution >= 4 is 6.21 Å². The maximum absolute atomic E-state index is 11.1. The topological polar surface area (TPSA) is 354 Å². The van der Waals surface area contributed by atoms with Crippen LogP contribution >= 0.6 is 0 Å². The fraction of sp³-hybridized carbons (Fsp3) is 0.957. The van der Waals surface area contributed by atoms with Crippen molar-refractivity contribution < 1.29 is 74.5 Å². The van der Waals surface area contributed by atoms with Crippen LogP contribution in [-0.2, 0) is 28.4 Å². The molecule has 0 spiro atoms. The molecule has 3 saturated heterocycles. The zero-order valence-electron chi connectivity index (χ0n) is 22.9. The molecule has 19 atom stereocenters. The summed E-state index contributed by atoms with van der Waals surface area (Å²) in [6.07, 6.45) is -20.8. The van der Waals surface area contributed by atoms with Crippen molar-refractivity contribution in [1.82, 2.24) is 0 Å². The molecule has 20 heteroatoms. The molecule has 0 aromatic rings. The van der Waals surface area contributed by atoms with Crippen molar-refractivity contribution in [2.75, 3.05) is 13.2 Å². The van der Waals surface area contributed by atoms with Crippen LogP contribution < -0.4 is 22.9 Å². The largest absolute Gasteiger partial charge is 0.411 e. The molecule has 0 bridgehead atoms. The molecule has 0 aromatic carbocycles. The highest BCUT2D eigenvalue weighted by Gasteiger charge is 2.54. The SMILES string of the molecule is N[C@H]1[C@@H](O[C@H]2[C@@H](O)[C@H](O[C@@H]3[C@@H](O)[C@H](N)C[C@H](N)[C@H]3O[C@H]3O[C@H](CO)[C@@H](O)[C@H](O)[C@H]3N)O[C@@H]2/C=N/O)O[C@@H](CO)[C@@H](O)[C@@H]1O. The summed E-state index contributed by atoms with van der Waals surface area (Å²) >= 11 is 0. The average molecular weight is 630 g/mol. The van der Waals surface area contributed by atoms with E-state index < -0.39 is 129 Å². The monoisotopic (exact) mass is 629 g/mol. The van der Waals surface area contributed by atoms with Gasteiger partial charge in [-0.15, -0.1) is 0 Å². The Hall–Kier alpha value is -1.25. The minimum Gasteiger partial charge on any atom is -0.411 e. The predicted octanol–water partition coefficient (Wildman–Crippen LogP) is -8.36. The minimum absolute atomic E-state index is 0.0407. The van der Waals surface area contributed by atoms with Gasteiger partial charge >= 0.3 is 0 Å². The second-order valence-corrected chi connectivity index (χ2v) is 11.1. The summed E-state index contributed by atoms with van der Waals surface area (Å²) in [4.78, 5) is 0. The lowest BCUT2D eigenvalue weighted by Gasteiger charge is -2.47. The first-order valence-corrected chi connectivity index (χ1v) is 13.8. The molecule has 43 heavy (non-hydrogen) atoms. The Morgan fingerprint density at radius 3 is 1.58 bits per heavy atom. The van der Waals surface area contributed by atoms with Gasteiger partial charge in [0.2, 0.25) is 0 Å². The third-order valence-electron chi connectivity index (χ3n) is 8.24. The van der Waals surface area contributed by atoms with E-state index in [2.05, 4.69) is 5.16 Å². The second kappa shape index (κ2) is 14.5. The maximum atomic E-state index is 11.1. The lowest BCUT2D eigenvalue weighted by atomic mass is 9.84. The molecule has 250 valence electrons. The van der Waals surface area contributed by atoms with Gasteiger partial charge < -0.3 is 97.4 Å². The first-order valence-electron chi connectivity index (χ1n) is 13.8. The number of rotatable bonds is 9. The molecule has 0 unspecified atom stereocenters. The molecule has 0 amide bonds. The van der Waals surface area contributed by atoms with E-state index in [1.54, 1.807) is 0 Å². The van der Waals surface area contributed by atoms with Gasteiger partial charge in [-0.1, -0.05) is 5.16 Å². The molecule has 0 radical (unpaired) electrons. The van der Waals surface area contributed by atoms with Crippen molar-refractivity contribution in [2.24, 2.45) is 28.1 Å². The first-order chi connectivity index (χ1) is 20.3. The van der Waals surface area contributed by atoms with Crippen molar-refractivity contribution in [3.63, 3.8) is 0 Å². The third-order valence-corrected chi connectivity index (χ3v) is 8.24. The van der Waals surface area contributed by atoms with Crippen LogP contribution in [0.4, 0.5) is 0 Å². The highest BCUT2D eigenvalue weighted by Crippen LogP contribution is 2.34. The molecule has 0 aromatic heterocycles. The number of aliphatic hydroxyl groups is 8. The molecule has 1 aliphatic carbocycles. The van der Waals surface area contributed by atoms with Gasteiger partial charge in [-0.05, 0) is 6.42 Å². The molecular formula is C23H43N5O15. The van der Waals surface area contributed by atoms with Crippen LogP contribution in [0.1, 0.15) is 6.42 Å². The first kappa shape index (κ1) is 34.6. The zero-order chi connectivity index (χ0) is 31.7. The summed E-state index contributed by atoms with van der Waals surface area (Å²) in [7, 11) is 0. The Morgan fingerprint density at radius 2 is 1.09 bits per heavy atom. The summed E-state index contributed by atoms with van der Waals surface area (Å²) in [6, 6.07) is -4.46. The molecule has 4 fully saturated rings. The van der Waals surface area contributed by atoms with Crippen LogP contribution in [0.25, 0.3) is 0 Å². The third kappa shape index (κ3) is 6.96. The molecule has 20 nitrogen and oxygen atoms in total. The fourth-order valence-electron chi connectivity index (χ4n) is 5.64. The van der Waals surface area contributed by atoms with E-state index in [4.69, 9.17) is 51.4 Å². The quantitative estimate of drug-likeness (QED) is 0.0639. The zero-order valence-corrected chi connectivity index (χ0v) is 22.9. The highest BCUT2D eigenvalue weighted by atomic mass is 16.8. The summed E-state index contributed by atoms with van der Waals surface area (Å²) in [5, 5.41) is 93.9. The van der Waals surface area contributed by atoms with Gasteiger partial charge in [-0.3, -0.25) is 0 Å². The lowest BCUT2D eigenvalue weighted by molar-refractivity contribution is -0.310. The lowest BCUT2D eigenvalue weighted by Crippen LogP contribution is -2.68. The average Bonchev–Trinajstić information content (AvgIpc) is 3.26. The van der Waals surface area contributed by atoms with Crippen molar-refractivity contribution in [1.29, 1.82) is 0 Å². The Kier molecular flexibility index (Phi) is 11.6. The Morgan fingerprint density at radius 1 is 0.605 bits per heavy atom. The van der Waals surface area contributed by atoms with Crippen LogP contribution in [0.5, 0.6) is 0 Å². The number of hydrogen-bond donors (Lipinski definition) is 13. The number of hydrogen-bond acceptors (Lipinski definition) is 20. The summed E-state index contributed by atoms with van der Waals surface area (Å²) < 4.78 is 34.2. The van der Waals surface area contributed by atoms with Gasteiger partial charge in [0.25, 0.3) is 0 Å². The standard InChI is InChI=1S/C23H43N5O15/c24-5-1-6(25)18(41-21-10(26)15(34)13(32)8(3-29)39-21)20(12(5)31)43-23-17(36)19(7(38-23)2-28-37)42-22-11(27)16(35)14(33)9(4-30)40-22/h2,5-23,29-37H,1,3-4,24-27H2/b28-2+/t5-,6+,7-,8-,9+,10-,11-,12+,13-,14-,15-,16-,17-,18-,19-,20-,21-,22-,23+/m1/s1. The molecule has 4 rings (SSSR count). The van der Waals surface area contributed by atoms with Gasteiger partial charge in [-0.25, -0.2) is 0 Å². The van der Waals surface area contributed by atoms with Crippen LogP contribution in [-0.4, -0.2) is 182 Å². The van der Waals surface area contributed by atoms with E-state index in [0.29, 0.717) is 0 Å². The van der Waals surface area contributed by atoms with Gasteiger partial charge in [0.05, 0.1) is 37.6 Å². The highest BCUT2D eigenvalue weighted by molar-refractivity contribution is 5.64. The number of oxime groups is 1. The summed E-state index contributed by atoms with van der Waals surface area (Å²) in [6.45, 7) is -1.36. The van der Waals surface area contributed by atoms with Crippen LogP contribution in [0.2, 0.25) is 0 Å². The second-order valence-electron chi connectivity index (χ2n) is 11.1. The van der Waals surface area contributed by atoms with E-state index in [1.165, 1.54) is 0 Å². The van der Waals surface area contributed by atoms with E-state index in [-0.39, 0.29) is 6.42 Å². The molecule has 3 aliphatic heterocycles. The van der Waals surface area contributed by atoms with E-state index in [1.807, 2.05) is 0 Å². The number of nitrogens with zero attached hydrogens (tertiary/aromatic N) is 1. The smallest absolute Gasteiger partial charge is 0.187 e. The normalized spacial score (nSPS) is 53.0. The molecule has 17 N–H and O–H groups in total. The number of ether oxygens (including phenoxy) is 6. The Balaban J connectivity index is 1.52. The van der Waals surface area contributed by atoms with E-state index in [9.17, 15) is 46.1 Å². The van der Waals surface area contributed by atoms with Crippen LogP contribution in [0, 0.1) is 0 Å². The van der Waals surface area contributed by atoms with Crippen molar-refractivity contribution in [2.45, 2.75) is 123 Å². The number of aliphatic hydroxyl groups excluding tert-OH is 8. The molecule has 4 aliphatic rings. The van der Waals surface area contributed by atoms with Gasteiger partial charge in [0.15, 0.2) is 18.9 Å². The van der Waals surface area contributed by atoms with Crippen LogP contribution in [0.3, 0.4) is 0 Å².